The molecule has 2 aromatic carbocycles. The number of carbonyl (C=O) groups is 1. The van der Waals surface area contributed by atoms with Crippen LogP contribution in [0.4, 0.5) is 0 Å². The number of carbonyl (C=O) groups excluding carboxylic acids is 1. The van der Waals surface area contributed by atoms with Gasteiger partial charge in [0, 0.05) is 28.1 Å². The van der Waals surface area contributed by atoms with Gasteiger partial charge in [0.2, 0.25) is 0 Å². The summed E-state index contributed by atoms with van der Waals surface area (Å²) in [6.07, 6.45) is 4.30. The fraction of sp³-hybridized carbons (Fsp3) is 0.417. The Morgan fingerprint density at radius 1 is 1.23 bits per heavy atom. The Hall–Kier alpha value is -2.07. The van der Waals surface area contributed by atoms with Crippen molar-refractivity contribution in [2.75, 3.05) is 26.2 Å². The summed E-state index contributed by atoms with van der Waals surface area (Å²) in [6, 6.07) is 15.8. The van der Waals surface area contributed by atoms with Gasteiger partial charge in [0.05, 0.1) is 17.7 Å². The van der Waals surface area contributed by atoms with Gasteiger partial charge in [-0.3, -0.25) is 9.69 Å². The van der Waals surface area contributed by atoms with Crippen LogP contribution in [0.3, 0.4) is 0 Å². The minimum atomic E-state index is -0.0221. The lowest BCUT2D eigenvalue weighted by Gasteiger charge is -2.44. The van der Waals surface area contributed by atoms with Gasteiger partial charge in [0.25, 0.3) is 5.91 Å². The number of likely N-dealkylation sites (tertiary alicyclic amines) is 1. The summed E-state index contributed by atoms with van der Waals surface area (Å²) in [7, 11) is 0. The number of benzene rings is 2. The van der Waals surface area contributed by atoms with E-state index in [9.17, 15) is 10.1 Å². The van der Waals surface area contributed by atoms with Gasteiger partial charge in [0.15, 0.2) is 0 Å². The Morgan fingerprint density at radius 3 is 2.81 bits per heavy atom. The van der Waals surface area contributed by atoms with Gasteiger partial charge >= 0.3 is 0 Å². The van der Waals surface area contributed by atoms with Crippen LogP contribution >= 0.6 is 28.3 Å². The second-order valence-electron chi connectivity index (χ2n) is 8.00. The molecule has 0 spiro atoms. The Bertz CT molecular complexity index is 945. The van der Waals surface area contributed by atoms with E-state index in [2.05, 4.69) is 32.2 Å². The van der Waals surface area contributed by atoms with Crippen molar-refractivity contribution in [1.82, 2.24) is 10.2 Å². The van der Waals surface area contributed by atoms with Gasteiger partial charge in [-0.25, -0.2) is 0 Å². The largest absolute Gasteiger partial charge is 0.492 e. The standard InChI is InChI=1S/C24H26BrN3O2.ClH/c25-19-8-6-18(7-9-19)24(29)27-11-1-2-12-28-13-3-4-20-21-14-17(15-26)5-10-23(21)30-16-22(20)28;/h5-10,14,20,22H,1-4,11-13,16H2,(H,27,29);1H. The molecule has 2 aromatic rings. The van der Waals surface area contributed by atoms with Crippen molar-refractivity contribution in [2.45, 2.75) is 37.6 Å². The lowest BCUT2D eigenvalue weighted by Crippen LogP contribution is -2.49. The first-order chi connectivity index (χ1) is 14.7. The quantitative estimate of drug-likeness (QED) is 0.569. The second kappa shape index (κ2) is 11.0. The Morgan fingerprint density at radius 2 is 2.03 bits per heavy atom. The first kappa shape index (κ1) is 23.6. The molecule has 5 nitrogen and oxygen atoms in total. The Balaban J connectivity index is 0.00000272. The minimum Gasteiger partial charge on any atom is -0.492 e. The smallest absolute Gasteiger partial charge is 0.251 e. The van der Waals surface area contributed by atoms with Crippen LogP contribution in [0, 0.1) is 11.3 Å². The summed E-state index contributed by atoms with van der Waals surface area (Å²) >= 11 is 3.39. The number of unbranched alkanes of at least 4 members (excludes halogenated alkanes) is 1. The first-order valence-corrected chi connectivity index (χ1v) is 11.4. The number of halogens is 2. The highest BCUT2D eigenvalue weighted by Gasteiger charge is 2.37. The number of hydrogen-bond acceptors (Lipinski definition) is 4. The molecule has 2 atom stereocenters. The number of ether oxygens (including phenoxy) is 1. The molecule has 2 heterocycles. The maximum atomic E-state index is 12.2. The van der Waals surface area contributed by atoms with Crippen molar-refractivity contribution >= 4 is 34.2 Å². The number of nitriles is 1. The lowest BCUT2D eigenvalue weighted by atomic mass is 9.81. The lowest BCUT2D eigenvalue weighted by molar-refractivity contribution is 0.0645. The van der Waals surface area contributed by atoms with Crippen LogP contribution in [-0.4, -0.2) is 43.1 Å². The van der Waals surface area contributed by atoms with Crippen LogP contribution in [0.5, 0.6) is 5.75 Å². The summed E-state index contributed by atoms with van der Waals surface area (Å²) in [5.41, 5.74) is 2.58. The maximum absolute atomic E-state index is 12.2. The molecule has 2 aliphatic heterocycles. The maximum Gasteiger partial charge on any atom is 0.251 e. The van der Waals surface area contributed by atoms with E-state index in [-0.39, 0.29) is 18.3 Å². The van der Waals surface area contributed by atoms with Crippen molar-refractivity contribution in [3.05, 3.63) is 63.6 Å². The van der Waals surface area contributed by atoms with Crippen LogP contribution in [0.25, 0.3) is 0 Å². The molecule has 0 aliphatic carbocycles. The molecular formula is C24H27BrClN3O2. The van der Waals surface area contributed by atoms with E-state index in [0.29, 0.717) is 36.2 Å². The monoisotopic (exact) mass is 503 g/mol. The minimum absolute atomic E-state index is 0. The third kappa shape index (κ3) is 5.60. The highest BCUT2D eigenvalue weighted by molar-refractivity contribution is 9.10. The topological polar surface area (TPSA) is 65.4 Å². The van der Waals surface area contributed by atoms with E-state index in [1.165, 1.54) is 5.56 Å². The molecule has 0 aromatic heterocycles. The summed E-state index contributed by atoms with van der Waals surface area (Å²) in [5.74, 6) is 1.35. The molecule has 4 rings (SSSR count). The van der Waals surface area contributed by atoms with Crippen molar-refractivity contribution < 1.29 is 9.53 Å². The van der Waals surface area contributed by atoms with Gasteiger partial charge < -0.3 is 10.1 Å². The molecular weight excluding hydrogens is 478 g/mol. The number of nitrogens with zero attached hydrogens (tertiary/aromatic N) is 2. The van der Waals surface area contributed by atoms with Gasteiger partial charge in [-0.15, -0.1) is 12.4 Å². The van der Waals surface area contributed by atoms with E-state index in [1.807, 2.05) is 42.5 Å². The van der Waals surface area contributed by atoms with E-state index in [0.717, 1.165) is 49.0 Å². The van der Waals surface area contributed by atoms with Crippen molar-refractivity contribution in [3.8, 4) is 11.8 Å². The molecule has 1 fully saturated rings. The fourth-order valence-electron chi connectivity index (χ4n) is 4.55. The fourth-order valence-corrected chi connectivity index (χ4v) is 4.81. The van der Waals surface area contributed by atoms with Gasteiger partial charge in [0.1, 0.15) is 12.4 Å². The number of piperidine rings is 1. The zero-order valence-corrected chi connectivity index (χ0v) is 19.8. The third-order valence-corrected chi connectivity index (χ3v) is 6.63. The molecule has 2 unspecified atom stereocenters. The van der Waals surface area contributed by atoms with Crippen LogP contribution < -0.4 is 10.1 Å². The average molecular weight is 505 g/mol. The van der Waals surface area contributed by atoms with Crippen molar-refractivity contribution in [2.24, 2.45) is 0 Å². The predicted molar refractivity (Wildman–Crippen MR) is 127 cm³/mol. The highest BCUT2D eigenvalue weighted by Crippen LogP contribution is 2.41. The van der Waals surface area contributed by atoms with E-state index >= 15 is 0 Å². The van der Waals surface area contributed by atoms with Crippen molar-refractivity contribution in [1.29, 1.82) is 5.26 Å². The number of fused-ring (bicyclic) bond motifs is 3. The SMILES string of the molecule is Cl.N#Cc1ccc2c(c1)C1CCCN(CCCCNC(=O)c3ccc(Br)cc3)C1CO2. The molecule has 0 radical (unpaired) electrons. The molecule has 7 heteroatoms. The van der Waals surface area contributed by atoms with Crippen LogP contribution in [0.2, 0.25) is 0 Å². The number of amides is 1. The number of rotatable bonds is 6. The number of nitrogens with one attached hydrogen (secondary N) is 1. The van der Waals surface area contributed by atoms with E-state index in [1.54, 1.807) is 0 Å². The van der Waals surface area contributed by atoms with Gasteiger partial charge in [-0.05, 0) is 81.2 Å². The molecule has 0 bridgehead atoms. The Labute approximate surface area is 198 Å². The normalized spacial score (nSPS) is 19.7. The molecule has 1 saturated heterocycles. The number of hydrogen-bond donors (Lipinski definition) is 1. The predicted octanol–water partition coefficient (Wildman–Crippen LogP) is 4.89. The zero-order valence-electron chi connectivity index (χ0n) is 17.4. The molecule has 1 N–H and O–H groups in total. The van der Waals surface area contributed by atoms with Crippen LogP contribution in [0.15, 0.2) is 46.9 Å². The summed E-state index contributed by atoms with van der Waals surface area (Å²) < 4.78 is 7.00. The van der Waals surface area contributed by atoms with Crippen molar-refractivity contribution in [3.63, 3.8) is 0 Å². The highest BCUT2D eigenvalue weighted by atomic mass is 79.9. The van der Waals surface area contributed by atoms with Gasteiger partial charge in [-0.1, -0.05) is 15.9 Å². The molecule has 31 heavy (non-hydrogen) atoms. The average Bonchev–Trinajstić information content (AvgIpc) is 2.78. The van der Waals surface area contributed by atoms with Crippen LogP contribution in [-0.2, 0) is 0 Å². The van der Waals surface area contributed by atoms with Crippen LogP contribution in [0.1, 0.15) is 53.1 Å². The first-order valence-electron chi connectivity index (χ1n) is 10.6. The third-order valence-electron chi connectivity index (χ3n) is 6.11. The summed E-state index contributed by atoms with van der Waals surface area (Å²) in [4.78, 5) is 14.7. The molecule has 0 saturated carbocycles. The van der Waals surface area contributed by atoms with Gasteiger partial charge in [-0.2, -0.15) is 5.26 Å². The molecule has 2 aliphatic rings. The second-order valence-corrected chi connectivity index (χ2v) is 8.91. The summed E-state index contributed by atoms with van der Waals surface area (Å²) in [6.45, 7) is 3.49. The summed E-state index contributed by atoms with van der Waals surface area (Å²) in [5, 5.41) is 12.3. The molecule has 164 valence electrons. The zero-order chi connectivity index (χ0) is 20.9. The van der Waals surface area contributed by atoms with E-state index in [4.69, 9.17) is 4.74 Å². The Kier molecular flexibility index (Phi) is 8.36. The molecule has 1 amide bonds. The van der Waals surface area contributed by atoms with E-state index < -0.39 is 0 Å².